The molecule has 1 aromatic heterocycles. The largest absolute Gasteiger partial charge is 0.367 e. The number of nitrogens with two attached hydrogens (primary N) is 1. The molecular formula is C21H26FN5O5. The zero-order valence-electron chi connectivity index (χ0n) is 18.0. The third kappa shape index (κ3) is 4.12. The van der Waals surface area contributed by atoms with Crippen molar-refractivity contribution in [3.05, 3.63) is 38.8 Å². The van der Waals surface area contributed by atoms with Gasteiger partial charge in [0.15, 0.2) is 6.10 Å². The van der Waals surface area contributed by atoms with E-state index in [4.69, 9.17) is 10.5 Å². The van der Waals surface area contributed by atoms with Crippen molar-refractivity contribution in [3.63, 3.8) is 0 Å². The zero-order valence-corrected chi connectivity index (χ0v) is 18.0. The van der Waals surface area contributed by atoms with Gasteiger partial charge in [-0.3, -0.25) is 18.7 Å². The van der Waals surface area contributed by atoms with Gasteiger partial charge in [0.2, 0.25) is 5.91 Å². The zero-order chi connectivity index (χ0) is 23.2. The molecule has 2 aromatic rings. The molecule has 0 spiro atoms. The first-order valence-electron chi connectivity index (χ1n) is 10.6. The van der Waals surface area contributed by atoms with Crippen LogP contribution in [0.2, 0.25) is 0 Å². The van der Waals surface area contributed by atoms with E-state index in [2.05, 4.69) is 5.32 Å². The van der Waals surface area contributed by atoms with Gasteiger partial charge >= 0.3 is 11.7 Å². The first-order valence-corrected chi connectivity index (χ1v) is 10.6. The first-order chi connectivity index (χ1) is 15.2. The molecule has 0 bridgehead atoms. The van der Waals surface area contributed by atoms with E-state index in [1.165, 1.54) is 20.1 Å². The number of aromatic nitrogens is 2. The highest BCUT2D eigenvalue weighted by molar-refractivity contribution is 5.93. The van der Waals surface area contributed by atoms with Gasteiger partial charge in [-0.25, -0.2) is 14.0 Å². The molecular weight excluding hydrogens is 421 g/mol. The van der Waals surface area contributed by atoms with Gasteiger partial charge in [-0.15, -0.1) is 0 Å². The average Bonchev–Trinajstić information content (AvgIpc) is 3.56. The molecule has 3 amide bonds. The predicted octanol–water partition coefficient (Wildman–Crippen LogP) is 1.01. The summed E-state index contributed by atoms with van der Waals surface area (Å²) in [6.45, 7) is 4.15. The third-order valence-electron chi connectivity index (χ3n) is 5.82. The van der Waals surface area contributed by atoms with Crippen LogP contribution < -0.4 is 22.3 Å². The molecule has 11 heteroatoms. The van der Waals surface area contributed by atoms with Gasteiger partial charge in [-0.05, 0) is 38.7 Å². The van der Waals surface area contributed by atoms with E-state index in [1.54, 1.807) is 13.8 Å². The lowest BCUT2D eigenvalue weighted by Gasteiger charge is -2.31. The Balaban J connectivity index is 1.72. The van der Waals surface area contributed by atoms with Crippen LogP contribution in [0.5, 0.6) is 0 Å². The fourth-order valence-electron chi connectivity index (χ4n) is 3.91. The van der Waals surface area contributed by atoms with Crippen molar-refractivity contribution in [1.29, 1.82) is 0 Å². The van der Waals surface area contributed by atoms with Gasteiger partial charge in [0, 0.05) is 25.2 Å². The highest BCUT2D eigenvalue weighted by Gasteiger charge is 2.29. The van der Waals surface area contributed by atoms with Crippen LogP contribution in [0.4, 0.5) is 14.9 Å². The normalized spacial score (nSPS) is 18.9. The topological polar surface area (TPSA) is 129 Å². The predicted molar refractivity (Wildman–Crippen MR) is 115 cm³/mol. The van der Waals surface area contributed by atoms with Crippen molar-refractivity contribution in [2.24, 2.45) is 11.7 Å². The molecule has 1 aromatic carbocycles. The summed E-state index contributed by atoms with van der Waals surface area (Å²) >= 11 is 0. The molecule has 1 saturated carbocycles. The summed E-state index contributed by atoms with van der Waals surface area (Å²) in [7, 11) is 0. The number of anilines is 1. The molecule has 2 fully saturated rings. The highest BCUT2D eigenvalue weighted by atomic mass is 19.1. The van der Waals surface area contributed by atoms with Crippen LogP contribution in [0, 0.1) is 11.7 Å². The monoisotopic (exact) mass is 447 g/mol. The Morgan fingerprint density at radius 3 is 2.62 bits per heavy atom. The Labute approximate surface area is 182 Å². The summed E-state index contributed by atoms with van der Waals surface area (Å²) in [4.78, 5) is 51.4. The van der Waals surface area contributed by atoms with Gasteiger partial charge in [-0.1, -0.05) is 0 Å². The Bertz CT molecular complexity index is 1200. The van der Waals surface area contributed by atoms with Crippen molar-refractivity contribution in [3.8, 4) is 0 Å². The van der Waals surface area contributed by atoms with E-state index < -0.39 is 35.1 Å². The maximum Gasteiger partial charge on any atom is 0.331 e. The lowest BCUT2D eigenvalue weighted by atomic mass is 10.2. The summed E-state index contributed by atoms with van der Waals surface area (Å²) in [6.07, 6.45) is 0.982. The molecule has 32 heavy (non-hydrogen) atoms. The number of hydrogen-bond donors (Lipinski definition) is 2. The molecule has 4 rings (SSSR count). The number of fused-ring (bicyclic) bond motifs is 1. The number of halogens is 1. The number of carbonyl (C=O) groups excluding carboxylic acids is 2. The molecule has 0 radical (unpaired) electrons. The van der Waals surface area contributed by atoms with Crippen molar-refractivity contribution in [2.75, 3.05) is 25.0 Å². The van der Waals surface area contributed by atoms with Crippen LogP contribution in [-0.4, -0.2) is 51.8 Å². The van der Waals surface area contributed by atoms with Crippen LogP contribution in [-0.2, 0) is 16.1 Å². The number of primary amides is 1. The Kier molecular flexibility index (Phi) is 5.76. The second-order valence-corrected chi connectivity index (χ2v) is 8.59. The van der Waals surface area contributed by atoms with Crippen molar-refractivity contribution in [2.45, 2.75) is 45.4 Å². The number of urea groups is 1. The molecule has 1 aliphatic carbocycles. The molecule has 2 aliphatic rings. The summed E-state index contributed by atoms with van der Waals surface area (Å²) < 4.78 is 22.7. The number of ether oxygens (including phenoxy) is 1. The summed E-state index contributed by atoms with van der Waals surface area (Å²) in [5.74, 6) is -1.18. The minimum absolute atomic E-state index is 0.0581. The Hall–Kier alpha value is -3.21. The number of nitrogens with zero attached hydrogens (tertiary/aromatic N) is 3. The number of morpholine rings is 1. The SMILES string of the molecule is CC(C)n1c(=O)n(CC2CC2)c(=O)c2cc(NC(=O)N3CCOC(C(N)=O)C3)c(F)cc21. The number of hydrogen-bond acceptors (Lipinski definition) is 5. The van der Waals surface area contributed by atoms with Gasteiger partial charge in [-0.2, -0.15) is 0 Å². The van der Waals surface area contributed by atoms with E-state index >= 15 is 0 Å². The Morgan fingerprint density at radius 1 is 1.28 bits per heavy atom. The van der Waals surface area contributed by atoms with Crippen LogP contribution in [0.25, 0.3) is 10.9 Å². The van der Waals surface area contributed by atoms with Gasteiger partial charge in [0.1, 0.15) is 5.82 Å². The molecule has 1 aliphatic heterocycles. The molecule has 1 atom stereocenters. The molecule has 1 unspecified atom stereocenters. The van der Waals surface area contributed by atoms with Gasteiger partial charge in [0.05, 0.1) is 29.7 Å². The van der Waals surface area contributed by atoms with Crippen LogP contribution in [0.1, 0.15) is 32.7 Å². The standard InChI is InChI=1S/C21H26FN5O5/c1-11(2)27-16-8-14(22)15(24-20(30)25-5-6-32-17(10-25)18(23)28)7-13(16)19(29)26(21(27)31)9-12-3-4-12/h7-8,11-12,17H,3-6,9-10H2,1-2H3,(H2,23,28)(H,24,30). The molecule has 172 valence electrons. The lowest BCUT2D eigenvalue weighted by molar-refractivity contribution is -0.133. The summed E-state index contributed by atoms with van der Waals surface area (Å²) in [5.41, 5.74) is 4.26. The third-order valence-corrected chi connectivity index (χ3v) is 5.82. The maximum atomic E-state index is 14.9. The smallest absolute Gasteiger partial charge is 0.331 e. The fourth-order valence-corrected chi connectivity index (χ4v) is 3.91. The van der Waals surface area contributed by atoms with Crippen LogP contribution >= 0.6 is 0 Å². The van der Waals surface area contributed by atoms with Crippen LogP contribution in [0.15, 0.2) is 21.7 Å². The number of rotatable bonds is 5. The summed E-state index contributed by atoms with van der Waals surface area (Å²) in [5, 5.41) is 2.61. The quantitative estimate of drug-likeness (QED) is 0.707. The second kappa shape index (κ2) is 8.38. The minimum Gasteiger partial charge on any atom is -0.367 e. The van der Waals surface area contributed by atoms with Crippen molar-refractivity contribution >= 4 is 28.5 Å². The fraction of sp³-hybridized carbons (Fsp3) is 0.524. The second-order valence-electron chi connectivity index (χ2n) is 8.59. The van der Waals surface area contributed by atoms with E-state index in [0.717, 1.165) is 18.9 Å². The number of amides is 3. The molecule has 10 nitrogen and oxygen atoms in total. The van der Waals surface area contributed by atoms with Gasteiger partial charge in [0.25, 0.3) is 5.56 Å². The number of carbonyl (C=O) groups is 2. The number of nitrogens with one attached hydrogen (secondary N) is 1. The Morgan fingerprint density at radius 2 is 2.00 bits per heavy atom. The molecule has 3 N–H and O–H groups in total. The lowest BCUT2D eigenvalue weighted by Crippen LogP contribution is -2.51. The first kappa shape index (κ1) is 22.0. The van der Waals surface area contributed by atoms with Crippen molar-refractivity contribution in [1.82, 2.24) is 14.0 Å². The number of benzene rings is 1. The van der Waals surface area contributed by atoms with E-state index in [0.29, 0.717) is 6.54 Å². The van der Waals surface area contributed by atoms with Crippen molar-refractivity contribution < 1.29 is 18.7 Å². The molecule has 2 heterocycles. The van der Waals surface area contributed by atoms with E-state index in [-0.39, 0.29) is 48.2 Å². The van der Waals surface area contributed by atoms with Gasteiger partial charge < -0.3 is 20.7 Å². The summed E-state index contributed by atoms with van der Waals surface area (Å²) in [6, 6.07) is 1.42. The highest BCUT2D eigenvalue weighted by Crippen LogP contribution is 2.30. The molecule has 1 saturated heterocycles. The maximum absolute atomic E-state index is 14.9. The van der Waals surface area contributed by atoms with E-state index in [1.807, 2.05) is 0 Å². The minimum atomic E-state index is -0.939. The average molecular weight is 447 g/mol. The van der Waals surface area contributed by atoms with E-state index in [9.17, 15) is 23.6 Å². The van der Waals surface area contributed by atoms with Crippen LogP contribution in [0.3, 0.4) is 0 Å².